The molecule has 0 spiro atoms. The van der Waals surface area contributed by atoms with Crippen LogP contribution in [0.5, 0.6) is 0 Å². The number of nitrogens with one attached hydrogen (secondary N) is 3. The number of carbonyl (C=O) groups excluding carboxylic acids is 2. The van der Waals surface area contributed by atoms with Gasteiger partial charge in [-0.05, 0) is 24.3 Å². The number of rotatable bonds is 7. The van der Waals surface area contributed by atoms with Crippen molar-refractivity contribution in [1.82, 2.24) is 15.3 Å². The molecule has 8 heteroatoms. The molecule has 0 saturated carbocycles. The number of carbonyl (C=O) groups is 2. The fourth-order valence-corrected chi connectivity index (χ4v) is 3.05. The number of nitrogens with zero attached hydrogens (tertiary/aromatic N) is 2. The van der Waals surface area contributed by atoms with E-state index in [1.165, 1.54) is 0 Å². The number of aromatic nitrogens is 2. The molecule has 28 heavy (non-hydrogen) atoms. The Morgan fingerprint density at radius 1 is 1.04 bits per heavy atom. The van der Waals surface area contributed by atoms with Crippen molar-refractivity contribution in [2.75, 3.05) is 22.9 Å². The molecule has 0 aliphatic rings. The Morgan fingerprint density at radius 3 is 2.57 bits per heavy atom. The van der Waals surface area contributed by atoms with Crippen LogP contribution in [0.15, 0.2) is 72.4 Å². The molecular weight excluding hydrogens is 374 g/mol. The highest BCUT2D eigenvalue weighted by Crippen LogP contribution is 2.24. The Morgan fingerprint density at radius 2 is 1.79 bits per heavy atom. The number of hydrogen-bond donors (Lipinski definition) is 3. The molecule has 0 aliphatic heterocycles. The van der Waals surface area contributed by atoms with Crippen molar-refractivity contribution in [2.24, 2.45) is 0 Å². The van der Waals surface area contributed by atoms with Crippen LogP contribution in [0.1, 0.15) is 0 Å². The minimum atomic E-state index is -0.579. The zero-order valence-corrected chi connectivity index (χ0v) is 15.8. The molecule has 0 bridgehead atoms. The first kappa shape index (κ1) is 19.4. The van der Waals surface area contributed by atoms with Crippen LogP contribution in [0.4, 0.5) is 16.3 Å². The molecule has 7 nitrogen and oxygen atoms in total. The Balaban J connectivity index is 1.61. The third kappa shape index (κ3) is 5.31. The lowest BCUT2D eigenvalue weighted by molar-refractivity contribution is -0.117. The number of imide groups is 1. The van der Waals surface area contributed by atoms with Crippen molar-refractivity contribution in [3.8, 4) is 0 Å². The van der Waals surface area contributed by atoms with Gasteiger partial charge < -0.3 is 10.6 Å². The van der Waals surface area contributed by atoms with E-state index in [4.69, 9.17) is 0 Å². The number of anilines is 2. The normalized spacial score (nSPS) is 10.3. The smallest absolute Gasteiger partial charge is 0.325 e. The van der Waals surface area contributed by atoms with Gasteiger partial charge in [0.15, 0.2) is 5.16 Å². The maximum atomic E-state index is 12.1. The average molecular weight is 393 g/mol. The molecule has 0 saturated heterocycles. The van der Waals surface area contributed by atoms with Crippen LogP contribution < -0.4 is 16.0 Å². The summed E-state index contributed by atoms with van der Waals surface area (Å²) in [7, 11) is 0. The maximum absolute atomic E-state index is 12.1. The standard InChI is InChI=1S/C20H19N5O2S/c1-2-12-21-18-15-10-6-7-11-16(15)23-20(25-18)28-13-17(26)24-19(27)22-14-8-4-3-5-9-14/h2-11H,1,12-13H2,(H,21,23,25)(H2,22,24,26,27). The molecule has 3 N–H and O–H groups in total. The van der Waals surface area contributed by atoms with E-state index in [2.05, 4.69) is 32.5 Å². The Kier molecular flexibility index (Phi) is 6.59. The van der Waals surface area contributed by atoms with Crippen molar-refractivity contribution in [2.45, 2.75) is 5.16 Å². The van der Waals surface area contributed by atoms with E-state index in [1.807, 2.05) is 30.3 Å². The predicted molar refractivity (Wildman–Crippen MR) is 113 cm³/mol. The van der Waals surface area contributed by atoms with Crippen molar-refractivity contribution >= 4 is 46.1 Å². The van der Waals surface area contributed by atoms with E-state index >= 15 is 0 Å². The molecule has 3 rings (SSSR count). The van der Waals surface area contributed by atoms with Gasteiger partial charge in [-0.1, -0.05) is 48.2 Å². The van der Waals surface area contributed by atoms with Gasteiger partial charge in [-0.15, -0.1) is 6.58 Å². The van der Waals surface area contributed by atoms with Gasteiger partial charge in [-0.3, -0.25) is 10.1 Å². The molecule has 2 aromatic carbocycles. The molecule has 1 heterocycles. The predicted octanol–water partition coefficient (Wildman–Crippen LogP) is 3.67. The van der Waals surface area contributed by atoms with Crippen molar-refractivity contribution < 1.29 is 9.59 Å². The van der Waals surface area contributed by atoms with Gasteiger partial charge in [0, 0.05) is 17.6 Å². The first-order valence-electron chi connectivity index (χ1n) is 8.56. The average Bonchev–Trinajstić information content (AvgIpc) is 2.71. The molecular formula is C20H19N5O2S. The van der Waals surface area contributed by atoms with E-state index in [0.29, 0.717) is 23.2 Å². The van der Waals surface area contributed by atoms with E-state index in [-0.39, 0.29) is 5.75 Å². The van der Waals surface area contributed by atoms with Crippen molar-refractivity contribution in [3.05, 3.63) is 67.3 Å². The summed E-state index contributed by atoms with van der Waals surface area (Å²) in [5.41, 5.74) is 1.38. The molecule has 0 atom stereocenters. The van der Waals surface area contributed by atoms with Crippen LogP contribution >= 0.6 is 11.8 Å². The van der Waals surface area contributed by atoms with Crippen LogP contribution in [0.2, 0.25) is 0 Å². The molecule has 3 amide bonds. The molecule has 0 unspecified atom stereocenters. The molecule has 142 valence electrons. The maximum Gasteiger partial charge on any atom is 0.325 e. The first-order valence-corrected chi connectivity index (χ1v) is 9.54. The highest BCUT2D eigenvalue weighted by molar-refractivity contribution is 7.99. The van der Waals surface area contributed by atoms with Crippen LogP contribution in [-0.4, -0.2) is 34.2 Å². The van der Waals surface area contributed by atoms with Gasteiger partial charge >= 0.3 is 6.03 Å². The minimum Gasteiger partial charge on any atom is -0.366 e. The van der Waals surface area contributed by atoms with E-state index in [9.17, 15) is 9.59 Å². The third-order valence-corrected chi connectivity index (χ3v) is 4.46. The summed E-state index contributed by atoms with van der Waals surface area (Å²) in [6.45, 7) is 4.25. The van der Waals surface area contributed by atoms with Gasteiger partial charge in [-0.25, -0.2) is 14.8 Å². The molecule has 0 radical (unpaired) electrons. The molecule has 3 aromatic rings. The quantitative estimate of drug-likeness (QED) is 0.322. The number of fused-ring (bicyclic) bond motifs is 1. The number of hydrogen-bond acceptors (Lipinski definition) is 6. The minimum absolute atomic E-state index is 0.0153. The topological polar surface area (TPSA) is 96.0 Å². The van der Waals surface area contributed by atoms with Gasteiger partial charge in [-0.2, -0.15) is 0 Å². The number of benzene rings is 2. The number of amides is 3. The lowest BCUT2D eigenvalue weighted by Crippen LogP contribution is -2.35. The number of para-hydroxylation sites is 2. The Hall–Kier alpha value is -3.39. The van der Waals surface area contributed by atoms with E-state index < -0.39 is 11.9 Å². The third-order valence-electron chi connectivity index (χ3n) is 3.61. The first-order chi connectivity index (χ1) is 13.7. The second-order valence-corrected chi connectivity index (χ2v) is 6.64. The van der Waals surface area contributed by atoms with Crippen LogP contribution in [0.3, 0.4) is 0 Å². The summed E-state index contributed by atoms with van der Waals surface area (Å²) in [5, 5.41) is 9.40. The van der Waals surface area contributed by atoms with Crippen molar-refractivity contribution in [1.29, 1.82) is 0 Å². The monoisotopic (exact) mass is 393 g/mol. The lowest BCUT2D eigenvalue weighted by atomic mass is 10.2. The second kappa shape index (κ2) is 9.52. The van der Waals surface area contributed by atoms with E-state index in [0.717, 1.165) is 22.7 Å². The summed E-state index contributed by atoms with van der Waals surface area (Å²) < 4.78 is 0. The summed E-state index contributed by atoms with van der Waals surface area (Å²) >= 11 is 1.16. The van der Waals surface area contributed by atoms with E-state index in [1.54, 1.807) is 30.3 Å². The zero-order chi connectivity index (χ0) is 19.8. The van der Waals surface area contributed by atoms with Crippen LogP contribution in [-0.2, 0) is 4.79 Å². The number of urea groups is 1. The second-order valence-electron chi connectivity index (χ2n) is 5.70. The number of thioether (sulfide) groups is 1. The zero-order valence-electron chi connectivity index (χ0n) is 15.0. The fourth-order valence-electron chi connectivity index (χ4n) is 2.40. The van der Waals surface area contributed by atoms with Crippen molar-refractivity contribution in [3.63, 3.8) is 0 Å². The molecule has 0 aliphatic carbocycles. The van der Waals surface area contributed by atoms with Gasteiger partial charge in [0.05, 0.1) is 11.3 Å². The van der Waals surface area contributed by atoms with Crippen LogP contribution in [0, 0.1) is 0 Å². The Labute approximate surface area is 166 Å². The Bertz CT molecular complexity index is 994. The fraction of sp³-hybridized carbons (Fsp3) is 0.100. The lowest BCUT2D eigenvalue weighted by Gasteiger charge is -2.09. The highest BCUT2D eigenvalue weighted by atomic mass is 32.2. The molecule has 1 aromatic heterocycles. The van der Waals surface area contributed by atoms with Gasteiger partial charge in [0.2, 0.25) is 5.91 Å². The highest BCUT2D eigenvalue weighted by Gasteiger charge is 2.12. The van der Waals surface area contributed by atoms with Gasteiger partial charge in [0.25, 0.3) is 0 Å². The summed E-state index contributed by atoms with van der Waals surface area (Å²) in [5.74, 6) is 0.257. The molecule has 0 fully saturated rings. The SMILES string of the molecule is C=CCNc1nc(SCC(=O)NC(=O)Nc2ccccc2)nc2ccccc12. The summed E-state index contributed by atoms with van der Waals surface area (Å²) in [6, 6.07) is 15.9. The van der Waals surface area contributed by atoms with Crippen LogP contribution in [0.25, 0.3) is 10.9 Å². The van der Waals surface area contributed by atoms with Gasteiger partial charge in [0.1, 0.15) is 5.82 Å². The summed E-state index contributed by atoms with van der Waals surface area (Å²) in [6.07, 6.45) is 1.74. The largest absolute Gasteiger partial charge is 0.366 e. The summed E-state index contributed by atoms with van der Waals surface area (Å²) in [4.78, 5) is 32.9.